The summed E-state index contributed by atoms with van der Waals surface area (Å²) in [6, 6.07) is 16.7. The quantitative estimate of drug-likeness (QED) is 0.891. The highest BCUT2D eigenvalue weighted by Crippen LogP contribution is 2.44. The van der Waals surface area contributed by atoms with Gasteiger partial charge in [-0.25, -0.2) is 4.99 Å². The Morgan fingerprint density at radius 2 is 1.93 bits per heavy atom. The first-order valence-corrected chi connectivity index (χ1v) is 8.46. The van der Waals surface area contributed by atoms with Crippen LogP contribution in [0.25, 0.3) is 0 Å². The molecular weight excluding hydrogens is 338 g/mol. The number of likely N-dealkylation sites (N-methyl/N-ethyl adjacent to an activating group) is 1. The van der Waals surface area contributed by atoms with Crippen LogP contribution in [0.3, 0.4) is 0 Å². The molecule has 0 saturated carbocycles. The molecule has 27 heavy (non-hydrogen) atoms. The van der Waals surface area contributed by atoms with Gasteiger partial charge in [0.05, 0.1) is 29.2 Å². The maximum absolute atomic E-state index is 13.2. The summed E-state index contributed by atoms with van der Waals surface area (Å²) >= 11 is 0. The Balaban J connectivity index is 2.25. The lowest BCUT2D eigenvalue weighted by Gasteiger charge is -2.41. The van der Waals surface area contributed by atoms with Crippen LogP contribution in [0, 0.1) is 29.6 Å². The first kappa shape index (κ1) is 18.2. The predicted octanol–water partition coefficient (Wildman–Crippen LogP) is 2.52. The van der Waals surface area contributed by atoms with Gasteiger partial charge in [0, 0.05) is 7.05 Å². The molecule has 3 rings (SSSR count). The number of carbonyl (C=O) groups is 1. The Kier molecular flexibility index (Phi) is 4.43. The molecule has 1 aliphatic rings. The minimum Gasteiger partial charge on any atom is -0.369 e. The molecule has 2 N–H and O–H groups in total. The molecule has 1 aliphatic heterocycles. The van der Waals surface area contributed by atoms with E-state index in [4.69, 9.17) is 5.73 Å². The van der Waals surface area contributed by atoms with Gasteiger partial charge in [0.2, 0.25) is 5.91 Å². The zero-order chi connectivity index (χ0) is 19.8. The third kappa shape index (κ3) is 2.92. The normalized spacial score (nSPS) is 22.0. The molecule has 0 aliphatic carbocycles. The average molecular weight is 357 g/mol. The third-order valence-electron chi connectivity index (χ3n) is 5.11. The topological polar surface area (TPSA) is 106 Å². The number of nitrogens with two attached hydrogens (primary N) is 1. The van der Waals surface area contributed by atoms with Crippen LogP contribution in [-0.4, -0.2) is 23.8 Å². The van der Waals surface area contributed by atoms with E-state index in [1.807, 2.05) is 26.0 Å². The third-order valence-corrected chi connectivity index (χ3v) is 5.11. The number of nitriles is 2. The SMILES string of the molecule is Cc1cc([C@@H]2C(=O)N(C)C(N)=N[C@]2(C)c2cccc(C#N)c2)ccc1C#N. The van der Waals surface area contributed by atoms with Crippen LogP contribution < -0.4 is 5.73 Å². The lowest BCUT2D eigenvalue weighted by Crippen LogP contribution is -2.52. The average Bonchev–Trinajstić information content (AvgIpc) is 2.66. The van der Waals surface area contributed by atoms with Crippen LogP contribution in [-0.2, 0) is 10.3 Å². The van der Waals surface area contributed by atoms with E-state index in [1.54, 1.807) is 37.4 Å². The Morgan fingerprint density at radius 1 is 1.19 bits per heavy atom. The second-order valence-corrected chi connectivity index (χ2v) is 6.83. The molecule has 0 spiro atoms. The molecule has 1 heterocycles. The van der Waals surface area contributed by atoms with Crippen molar-refractivity contribution in [2.75, 3.05) is 7.05 Å². The van der Waals surface area contributed by atoms with E-state index in [-0.39, 0.29) is 11.9 Å². The summed E-state index contributed by atoms with van der Waals surface area (Å²) in [4.78, 5) is 19.2. The summed E-state index contributed by atoms with van der Waals surface area (Å²) in [7, 11) is 1.59. The molecule has 0 bridgehead atoms. The molecule has 0 radical (unpaired) electrons. The summed E-state index contributed by atoms with van der Waals surface area (Å²) in [5.41, 5.74) is 8.38. The van der Waals surface area contributed by atoms with Crippen molar-refractivity contribution in [3.05, 3.63) is 70.3 Å². The van der Waals surface area contributed by atoms with Gasteiger partial charge in [-0.2, -0.15) is 10.5 Å². The number of hydrogen-bond acceptors (Lipinski definition) is 5. The molecular formula is C21H19N5O. The number of guanidine groups is 1. The van der Waals surface area contributed by atoms with Crippen molar-refractivity contribution in [3.63, 3.8) is 0 Å². The number of amides is 1. The van der Waals surface area contributed by atoms with Gasteiger partial charge in [0.15, 0.2) is 5.96 Å². The number of hydrogen-bond donors (Lipinski definition) is 1. The Hall–Kier alpha value is -3.64. The summed E-state index contributed by atoms with van der Waals surface area (Å²) in [6.45, 7) is 3.68. The van der Waals surface area contributed by atoms with Crippen LogP contribution >= 0.6 is 0 Å². The first-order valence-electron chi connectivity index (χ1n) is 8.46. The minimum atomic E-state index is -0.971. The standard InChI is InChI=1S/C21H19N5O/c1-13-9-15(7-8-16(13)12-23)18-19(27)26(3)20(24)25-21(18,2)17-6-4-5-14(10-17)11-22/h4-10,18H,1-3H3,(H2,24,25)/t18-,21-/m1/s1. The highest BCUT2D eigenvalue weighted by atomic mass is 16.2. The number of rotatable bonds is 2. The fourth-order valence-electron chi connectivity index (χ4n) is 3.52. The van der Waals surface area contributed by atoms with E-state index in [0.717, 1.165) is 16.7 Å². The zero-order valence-electron chi connectivity index (χ0n) is 15.4. The fraction of sp³-hybridized carbons (Fsp3) is 0.238. The van der Waals surface area contributed by atoms with Crippen molar-refractivity contribution in [3.8, 4) is 12.1 Å². The number of nitrogens with zero attached hydrogens (tertiary/aromatic N) is 4. The summed E-state index contributed by atoms with van der Waals surface area (Å²) in [5, 5.41) is 18.4. The molecule has 2 atom stereocenters. The van der Waals surface area contributed by atoms with Gasteiger partial charge in [-0.3, -0.25) is 9.69 Å². The van der Waals surface area contributed by atoms with Gasteiger partial charge in [0.1, 0.15) is 5.54 Å². The van der Waals surface area contributed by atoms with Crippen LogP contribution in [0.5, 0.6) is 0 Å². The van der Waals surface area contributed by atoms with Gasteiger partial charge < -0.3 is 5.73 Å². The lowest BCUT2D eigenvalue weighted by atomic mass is 9.73. The molecule has 0 saturated heterocycles. The largest absolute Gasteiger partial charge is 0.369 e. The first-order chi connectivity index (χ1) is 12.8. The minimum absolute atomic E-state index is 0.131. The van der Waals surface area contributed by atoms with Gasteiger partial charge in [0.25, 0.3) is 0 Å². The smallest absolute Gasteiger partial charge is 0.239 e. The van der Waals surface area contributed by atoms with Gasteiger partial charge in [-0.1, -0.05) is 24.3 Å². The molecule has 134 valence electrons. The van der Waals surface area contributed by atoms with E-state index >= 15 is 0 Å². The summed E-state index contributed by atoms with van der Waals surface area (Å²) in [6.07, 6.45) is 0. The van der Waals surface area contributed by atoms with Crippen LogP contribution in [0.2, 0.25) is 0 Å². The molecule has 0 fully saturated rings. The highest BCUT2D eigenvalue weighted by Gasteiger charge is 2.47. The molecule has 0 unspecified atom stereocenters. The van der Waals surface area contributed by atoms with Crippen LogP contribution in [0.15, 0.2) is 47.5 Å². The zero-order valence-corrected chi connectivity index (χ0v) is 15.4. The summed E-state index contributed by atoms with van der Waals surface area (Å²) in [5.74, 6) is -0.682. The summed E-state index contributed by atoms with van der Waals surface area (Å²) < 4.78 is 0. The van der Waals surface area contributed by atoms with E-state index < -0.39 is 11.5 Å². The molecule has 2 aromatic rings. The molecule has 6 heteroatoms. The van der Waals surface area contributed by atoms with E-state index in [0.29, 0.717) is 11.1 Å². The van der Waals surface area contributed by atoms with Gasteiger partial charge >= 0.3 is 0 Å². The highest BCUT2D eigenvalue weighted by molar-refractivity contribution is 6.02. The van der Waals surface area contributed by atoms with Gasteiger partial charge in [-0.15, -0.1) is 0 Å². The maximum atomic E-state index is 13.2. The van der Waals surface area contributed by atoms with E-state index in [9.17, 15) is 15.3 Å². The second kappa shape index (κ2) is 6.59. The van der Waals surface area contributed by atoms with Crippen molar-refractivity contribution in [1.82, 2.24) is 4.90 Å². The van der Waals surface area contributed by atoms with Crippen molar-refractivity contribution < 1.29 is 4.79 Å². The molecule has 1 amide bonds. The van der Waals surface area contributed by atoms with E-state index in [2.05, 4.69) is 17.1 Å². The molecule has 0 aromatic heterocycles. The lowest BCUT2D eigenvalue weighted by molar-refractivity contribution is -0.130. The van der Waals surface area contributed by atoms with Crippen molar-refractivity contribution >= 4 is 11.9 Å². The van der Waals surface area contributed by atoms with Gasteiger partial charge in [-0.05, 0) is 48.7 Å². The van der Waals surface area contributed by atoms with Crippen LogP contribution in [0.1, 0.15) is 40.7 Å². The Morgan fingerprint density at radius 3 is 2.56 bits per heavy atom. The predicted molar refractivity (Wildman–Crippen MR) is 102 cm³/mol. The maximum Gasteiger partial charge on any atom is 0.239 e. The second-order valence-electron chi connectivity index (χ2n) is 6.83. The monoisotopic (exact) mass is 357 g/mol. The molecule has 6 nitrogen and oxygen atoms in total. The van der Waals surface area contributed by atoms with Crippen molar-refractivity contribution in [1.29, 1.82) is 10.5 Å². The van der Waals surface area contributed by atoms with Crippen molar-refractivity contribution in [2.24, 2.45) is 10.7 Å². The number of benzene rings is 2. The fourth-order valence-corrected chi connectivity index (χ4v) is 3.52. The number of carbonyl (C=O) groups excluding carboxylic acids is 1. The number of aryl methyl sites for hydroxylation is 1. The molecule has 2 aromatic carbocycles. The Labute approximate surface area is 158 Å². The Bertz CT molecular complexity index is 1040. The van der Waals surface area contributed by atoms with E-state index in [1.165, 1.54) is 4.90 Å². The number of aliphatic imine (C=N–C) groups is 1. The van der Waals surface area contributed by atoms with Crippen LogP contribution in [0.4, 0.5) is 0 Å². The van der Waals surface area contributed by atoms with Crippen molar-refractivity contribution in [2.45, 2.75) is 25.3 Å².